The van der Waals surface area contributed by atoms with Crippen molar-refractivity contribution in [2.24, 2.45) is 0 Å². The van der Waals surface area contributed by atoms with Crippen LogP contribution in [0.5, 0.6) is 11.5 Å². The Morgan fingerprint density at radius 2 is 1.59 bits per heavy atom. The lowest BCUT2D eigenvalue weighted by molar-refractivity contribution is -0.113. The number of carbonyl (C=O) groups is 1. The quantitative estimate of drug-likeness (QED) is 0.344. The van der Waals surface area contributed by atoms with Gasteiger partial charge in [-0.3, -0.25) is 9.20 Å². The number of anilines is 1. The average Bonchev–Trinajstić information content (AvgIpc) is 3.32. The van der Waals surface area contributed by atoms with Gasteiger partial charge in [0.25, 0.3) is 0 Å². The lowest BCUT2D eigenvalue weighted by atomic mass is 10.1. The highest BCUT2D eigenvalue weighted by molar-refractivity contribution is 7.99. The van der Waals surface area contributed by atoms with Crippen LogP contribution in [0, 0.1) is 0 Å². The molecule has 0 unspecified atom stereocenters. The highest BCUT2D eigenvalue weighted by Crippen LogP contribution is 2.30. The van der Waals surface area contributed by atoms with Crippen molar-refractivity contribution in [2.45, 2.75) is 5.16 Å². The first kappa shape index (κ1) is 21.7. The van der Waals surface area contributed by atoms with E-state index in [-0.39, 0.29) is 11.7 Å². The number of para-hydroxylation sites is 1. The molecule has 5 rings (SSSR count). The number of hydrogen-bond donors (Lipinski definition) is 1. The van der Waals surface area contributed by atoms with Gasteiger partial charge in [0.15, 0.2) is 10.8 Å². The Morgan fingerprint density at radius 3 is 2.29 bits per heavy atom. The van der Waals surface area contributed by atoms with Gasteiger partial charge in [0.2, 0.25) is 5.91 Å². The molecule has 0 fully saturated rings. The van der Waals surface area contributed by atoms with Crippen LogP contribution in [-0.4, -0.2) is 45.5 Å². The highest BCUT2D eigenvalue weighted by atomic mass is 32.2. The molecule has 1 amide bonds. The number of thioether (sulfide) groups is 1. The van der Waals surface area contributed by atoms with E-state index in [4.69, 9.17) is 14.5 Å². The fraction of sp³-hybridized carbons (Fsp3) is 0.120. The fourth-order valence-electron chi connectivity index (χ4n) is 3.59. The number of amides is 1. The predicted octanol–water partition coefficient (Wildman–Crippen LogP) is 4.69. The van der Waals surface area contributed by atoms with Crippen molar-refractivity contribution >= 4 is 39.9 Å². The molecule has 8 nitrogen and oxygen atoms in total. The zero-order valence-electron chi connectivity index (χ0n) is 18.6. The molecule has 5 aromatic rings. The Morgan fingerprint density at radius 1 is 0.912 bits per heavy atom. The van der Waals surface area contributed by atoms with Crippen LogP contribution in [0.1, 0.15) is 0 Å². The topological polar surface area (TPSA) is 90.6 Å². The molecular weight excluding hydrogens is 450 g/mol. The van der Waals surface area contributed by atoms with Gasteiger partial charge in [0, 0.05) is 16.6 Å². The molecule has 9 heteroatoms. The van der Waals surface area contributed by atoms with E-state index in [0.29, 0.717) is 22.3 Å². The lowest BCUT2D eigenvalue weighted by Gasteiger charge is -2.10. The van der Waals surface area contributed by atoms with E-state index in [2.05, 4.69) is 15.5 Å². The molecular formula is C25H21N5O3S. The zero-order valence-corrected chi connectivity index (χ0v) is 19.4. The summed E-state index contributed by atoms with van der Waals surface area (Å²) in [5.41, 5.74) is 3.10. The first-order valence-corrected chi connectivity index (χ1v) is 11.5. The van der Waals surface area contributed by atoms with Gasteiger partial charge in [0.1, 0.15) is 17.3 Å². The van der Waals surface area contributed by atoms with Crippen LogP contribution in [0.2, 0.25) is 0 Å². The van der Waals surface area contributed by atoms with E-state index in [1.54, 1.807) is 38.5 Å². The molecule has 170 valence electrons. The van der Waals surface area contributed by atoms with E-state index in [9.17, 15) is 4.79 Å². The van der Waals surface area contributed by atoms with Crippen molar-refractivity contribution in [3.63, 3.8) is 0 Å². The summed E-state index contributed by atoms with van der Waals surface area (Å²) in [6.07, 6.45) is 0. The second kappa shape index (κ2) is 9.40. The van der Waals surface area contributed by atoms with Crippen molar-refractivity contribution in [1.29, 1.82) is 0 Å². The number of ether oxygens (including phenoxy) is 2. The molecule has 2 heterocycles. The Hall–Kier alpha value is -4.11. The van der Waals surface area contributed by atoms with Crippen LogP contribution < -0.4 is 14.8 Å². The van der Waals surface area contributed by atoms with Gasteiger partial charge in [-0.05, 0) is 60.7 Å². The summed E-state index contributed by atoms with van der Waals surface area (Å²) in [4.78, 5) is 17.5. The predicted molar refractivity (Wildman–Crippen MR) is 133 cm³/mol. The summed E-state index contributed by atoms with van der Waals surface area (Å²) in [6, 6.07) is 22.7. The van der Waals surface area contributed by atoms with Crippen molar-refractivity contribution in [3.8, 4) is 22.9 Å². The van der Waals surface area contributed by atoms with Gasteiger partial charge in [0.05, 0.1) is 25.5 Å². The van der Waals surface area contributed by atoms with Crippen molar-refractivity contribution in [3.05, 3.63) is 72.8 Å². The minimum absolute atomic E-state index is 0.147. The Balaban J connectivity index is 1.47. The Bertz CT molecular complexity index is 1470. The summed E-state index contributed by atoms with van der Waals surface area (Å²) >= 11 is 1.30. The molecule has 3 aromatic carbocycles. The van der Waals surface area contributed by atoms with Crippen LogP contribution >= 0.6 is 11.8 Å². The van der Waals surface area contributed by atoms with Gasteiger partial charge in [-0.1, -0.05) is 23.9 Å². The summed E-state index contributed by atoms with van der Waals surface area (Å²) in [6.45, 7) is 0. The largest absolute Gasteiger partial charge is 0.497 e. The third-order valence-electron chi connectivity index (χ3n) is 5.27. The highest BCUT2D eigenvalue weighted by Gasteiger charge is 2.18. The lowest BCUT2D eigenvalue weighted by Crippen LogP contribution is -2.14. The Kier molecular flexibility index (Phi) is 6.01. The molecule has 0 aliphatic heterocycles. The normalized spacial score (nSPS) is 11.0. The van der Waals surface area contributed by atoms with Crippen LogP contribution in [-0.2, 0) is 4.79 Å². The second-order valence-corrected chi connectivity index (χ2v) is 8.33. The molecule has 0 spiro atoms. The molecule has 0 bridgehead atoms. The molecule has 0 radical (unpaired) electrons. The number of nitrogens with one attached hydrogen (secondary N) is 1. The summed E-state index contributed by atoms with van der Waals surface area (Å²) in [5, 5.41) is 13.2. The summed E-state index contributed by atoms with van der Waals surface area (Å²) < 4.78 is 12.3. The van der Waals surface area contributed by atoms with Crippen molar-refractivity contribution in [1.82, 2.24) is 19.6 Å². The number of fused-ring (bicyclic) bond motifs is 3. The van der Waals surface area contributed by atoms with Crippen molar-refractivity contribution in [2.75, 3.05) is 25.3 Å². The molecule has 0 atom stereocenters. The van der Waals surface area contributed by atoms with E-state index < -0.39 is 0 Å². The number of aromatic nitrogens is 4. The first-order valence-electron chi connectivity index (χ1n) is 10.5. The smallest absolute Gasteiger partial charge is 0.234 e. The molecule has 1 N–H and O–H groups in total. The number of hydrogen-bond acceptors (Lipinski definition) is 7. The molecule has 0 saturated carbocycles. The molecule has 0 saturated heterocycles. The first-order chi connectivity index (χ1) is 16.7. The molecule has 0 aliphatic rings. The third kappa shape index (κ3) is 4.25. The number of carbonyl (C=O) groups excluding carboxylic acids is 1. The monoisotopic (exact) mass is 471 g/mol. The standard InChI is InChI=1S/C25H21N5O3S/c1-32-18-11-7-16(8-12-18)23-27-21-6-4-3-5-20(21)24-28-29-25(30(23)24)34-15-22(31)26-17-9-13-19(33-2)14-10-17/h3-14H,15H2,1-2H3,(H,26,31). The van der Waals surface area contributed by atoms with Gasteiger partial charge in [-0.15, -0.1) is 10.2 Å². The SMILES string of the molecule is COc1ccc(NC(=O)CSc2nnc3c4ccccc4nc(-c4ccc(OC)cc4)n23)cc1. The van der Waals surface area contributed by atoms with Gasteiger partial charge < -0.3 is 14.8 Å². The van der Waals surface area contributed by atoms with Crippen LogP contribution in [0.15, 0.2) is 78.0 Å². The van der Waals surface area contributed by atoms with E-state index in [0.717, 1.165) is 28.0 Å². The van der Waals surface area contributed by atoms with Gasteiger partial charge in [-0.2, -0.15) is 0 Å². The summed E-state index contributed by atoms with van der Waals surface area (Å²) in [7, 11) is 3.23. The number of benzene rings is 3. The number of nitrogens with zero attached hydrogens (tertiary/aromatic N) is 4. The van der Waals surface area contributed by atoms with Crippen LogP contribution in [0.4, 0.5) is 5.69 Å². The van der Waals surface area contributed by atoms with Crippen LogP contribution in [0.3, 0.4) is 0 Å². The van der Waals surface area contributed by atoms with Crippen LogP contribution in [0.25, 0.3) is 27.9 Å². The average molecular weight is 472 g/mol. The zero-order chi connectivity index (χ0) is 23.5. The minimum Gasteiger partial charge on any atom is -0.497 e. The Labute approximate surface area is 199 Å². The second-order valence-electron chi connectivity index (χ2n) is 7.39. The van der Waals surface area contributed by atoms with E-state index in [1.807, 2.05) is 52.9 Å². The maximum atomic E-state index is 12.6. The third-order valence-corrected chi connectivity index (χ3v) is 6.20. The van der Waals surface area contributed by atoms with Gasteiger partial charge in [-0.25, -0.2) is 4.98 Å². The van der Waals surface area contributed by atoms with E-state index >= 15 is 0 Å². The summed E-state index contributed by atoms with van der Waals surface area (Å²) in [5.74, 6) is 2.20. The molecule has 0 aliphatic carbocycles. The number of rotatable bonds is 7. The fourth-order valence-corrected chi connectivity index (χ4v) is 4.32. The van der Waals surface area contributed by atoms with Gasteiger partial charge >= 0.3 is 0 Å². The molecule has 2 aromatic heterocycles. The number of methoxy groups -OCH3 is 2. The van der Waals surface area contributed by atoms with Crippen molar-refractivity contribution < 1.29 is 14.3 Å². The minimum atomic E-state index is -0.147. The maximum absolute atomic E-state index is 12.6. The maximum Gasteiger partial charge on any atom is 0.234 e. The molecule has 34 heavy (non-hydrogen) atoms. The van der Waals surface area contributed by atoms with E-state index in [1.165, 1.54) is 11.8 Å².